The standard InChI is InChI=1S/C18H29N3O3.HI/c1-19-18(21-11-9-15(13-21)14-22-2)20-10-4-12-24-17-7-5-16(23-3)6-8-17;/h5-8,15H,4,9-14H2,1-3H3,(H,19,20);1H. The number of halogens is 1. The van der Waals surface area contributed by atoms with Crippen LogP contribution in [-0.2, 0) is 4.74 Å². The zero-order valence-corrected chi connectivity index (χ0v) is 17.7. The molecule has 1 aliphatic heterocycles. The van der Waals surface area contributed by atoms with Crippen molar-refractivity contribution in [3.8, 4) is 11.5 Å². The lowest BCUT2D eigenvalue weighted by Crippen LogP contribution is -2.40. The first-order valence-electron chi connectivity index (χ1n) is 8.48. The number of guanidine groups is 1. The van der Waals surface area contributed by atoms with Crippen LogP contribution < -0.4 is 14.8 Å². The van der Waals surface area contributed by atoms with Crippen LogP contribution >= 0.6 is 24.0 Å². The Hall–Kier alpha value is -1.22. The molecule has 0 aromatic heterocycles. The minimum absolute atomic E-state index is 0. The number of hydrogen-bond acceptors (Lipinski definition) is 4. The maximum Gasteiger partial charge on any atom is 0.193 e. The minimum atomic E-state index is 0. The zero-order valence-electron chi connectivity index (χ0n) is 15.4. The Bertz CT molecular complexity index is 511. The molecular weight excluding hydrogens is 433 g/mol. The van der Waals surface area contributed by atoms with E-state index in [1.807, 2.05) is 31.3 Å². The van der Waals surface area contributed by atoms with Crippen molar-refractivity contribution in [2.75, 3.05) is 54.1 Å². The number of hydrogen-bond donors (Lipinski definition) is 1. The van der Waals surface area contributed by atoms with Crippen LogP contribution in [-0.4, -0.2) is 65.0 Å². The molecule has 25 heavy (non-hydrogen) atoms. The van der Waals surface area contributed by atoms with Gasteiger partial charge in [-0.2, -0.15) is 0 Å². The fourth-order valence-electron chi connectivity index (χ4n) is 2.86. The van der Waals surface area contributed by atoms with E-state index >= 15 is 0 Å². The summed E-state index contributed by atoms with van der Waals surface area (Å²) in [6.07, 6.45) is 2.08. The third-order valence-electron chi connectivity index (χ3n) is 4.13. The predicted molar refractivity (Wildman–Crippen MR) is 111 cm³/mol. The fourth-order valence-corrected chi connectivity index (χ4v) is 2.86. The molecular formula is C18H30IN3O3. The summed E-state index contributed by atoms with van der Waals surface area (Å²) in [7, 11) is 5.25. The first-order chi connectivity index (χ1) is 11.8. The van der Waals surface area contributed by atoms with Crippen LogP contribution in [0.25, 0.3) is 0 Å². The van der Waals surface area contributed by atoms with Crippen LogP contribution in [0.3, 0.4) is 0 Å². The van der Waals surface area contributed by atoms with E-state index in [1.165, 1.54) is 0 Å². The van der Waals surface area contributed by atoms with Crippen molar-refractivity contribution in [3.05, 3.63) is 24.3 Å². The average molecular weight is 463 g/mol. The third-order valence-corrected chi connectivity index (χ3v) is 4.13. The molecule has 1 N–H and O–H groups in total. The summed E-state index contributed by atoms with van der Waals surface area (Å²) < 4.78 is 16.1. The smallest absolute Gasteiger partial charge is 0.193 e. The molecule has 1 heterocycles. The quantitative estimate of drug-likeness (QED) is 0.278. The molecule has 0 bridgehead atoms. The van der Waals surface area contributed by atoms with Gasteiger partial charge in [0.2, 0.25) is 0 Å². The van der Waals surface area contributed by atoms with Crippen LogP contribution in [0.1, 0.15) is 12.8 Å². The Labute approximate surface area is 167 Å². The van der Waals surface area contributed by atoms with Gasteiger partial charge in [-0.25, -0.2) is 0 Å². The maximum atomic E-state index is 5.73. The summed E-state index contributed by atoms with van der Waals surface area (Å²) in [6, 6.07) is 7.65. The lowest BCUT2D eigenvalue weighted by atomic mass is 10.1. The maximum absolute atomic E-state index is 5.73. The summed E-state index contributed by atoms with van der Waals surface area (Å²) in [5.41, 5.74) is 0. The highest BCUT2D eigenvalue weighted by molar-refractivity contribution is 14.0. The third kappa shape index (κ3) is 7.27. The molecule has 0 spiro atoms. The lowest BCUT2D eigenvalue weighted by Gasteiger charge is -2.21. The molecule has 142 valence electrons. The summed E-state index contributed by atoms with van der Waals surface area (Å²) in [5.74, 6) is 3.28. The molecule has 0 saturated carbocycles. The molecule has 1 fully saturated rings. The number of nitrogens with one attached hydrogen (secondary N) is 1. The molecule has 6 nitrogen and oxygen atoms in total. The van der Waals surface area contributed by atoms with Gasteiger partial charge in [-0.15, -0.1) is 24.0 Å². The van der Waals surface area contributed by atoms with E-state index in [0.717, 1.165) is 56.5 Å². The van der Waals surface area contributed by atoms with E-state index < -0.39 is 0 Å². The van der Waals surface area contributed by atoms with Gasteiger partial charge in [0.15, 0.2) is 5.96 Å². The van der Waals surface area contributed by atoms with E-state index in [2.05, 4.69) is 15.2 Å². The molecule has 0 amide bonds. The van der Waals surface area contributed by atoms with E-state index in [9.17, 15) is 0 Å². The Morgan fingerprint density at radius 2 is 1.96 bits per heavy atom. The Kier molecular flexibility index (Phi) is 10.6. The van der Waals surface area contributed by atoms with Gasteiger partial charge < -0.3 is 24.4 Å². The van der Waals surface area contributed by atoms with Crippen molar-refractivity contribution in [2.45, 2.75) is 12.8 Å². The number of rotatable bonds is 8. The van der Waals surface area contributed by atoms with Gasteiger partial charge in [0.05, 0.1) is 20.3 Å². The molecule has 1 aromatic rings. The van der Waals surface area contributed by atoms with Gasteiger partial charge in [-0.1, -0.05) is 0 Å². The molecule has 1 unspecified atom stereocenters. The summed E-state index contributed by atoms with van der Waals surface area (Å²) >= 11 is 0. The van der Waals surface area contributed by atoms with Crippen LogP contribution in [0.5, 0.6) is 11.5 Å². The molecule has 1 saturated heterocycles. The van der Waals surface area contributed by atoms with Gasteiger partial charge in [-0.3, -0.25) is 4.99 Å². The number of likely N-dealkylation sites (tertiary alicyclic amines) is 1. The summed E-state index contributed by atoms with van der Waals surface area (Å²) in [4.78, 5) is 6.68. The molecule has 2 rings (SSSR count). The second-order valence-corrected chi connectivity index (χ2v) is 5.91. The van der Waals surface area contributed by atoms with Crippen molar-refractivity contribution in [2.24, 2.45) is 10.9 Å². The van der Waals surface area contributed by atoms with Crippen molar-refractivity contribution >= 4 is 29.9 Å². The largest absolute Gasteiger partial charge is 0.497 e. The Balaban J connectivity index is 0.00000312. The predicted octanol–water partition coefficient (Wildman–Crippen LogP) is 2.63. The zero-order chi connectivity index (χ0) is 17.2. The van der Waals surface area contributed by atoms with Gasteiger partial charge in [0.25, 0.3) is 0 Å². The topological polar surface area (TPSA) is 55.3 Å². The van der Waals surface area contributed by atoms with Crippen LogP contribution in [0, 0.1) is 5.92 Å². The number of nitrogens with zero attached hydrogens (tertiary/aromatic N) is 2. The second-order valence-electron chi connectivity index (χ2n) is 5.91. The average Bonchev–Trinajstić information content (AvgIpc) is 3.07. The molecule has 1 aromatic carbocycles. The van der Waals surface area contributed by atoms with Gasteiger partial charge >= 0.3 is 0 Å². The van der Waals surface area contributed by atoms with Crippen LogP contribution in [0.15, 0.2) is 29.3 Å². The van der Waals surface area contributed by atoms with Crippen molar-refractivity contribution in [1.82, 2.24) is 10.2 Å². The summed E-state index contributed by atoms with van der Waals surface area (Å²) in [5, 5.41) is 3.41. The summed E-state index contributed by atoms with van der Waals surface area (Å²) in [6.45, 7) is 4.38. The first kappa shape index (κ1) is 21.8. The second kappa shape index (κ2) is 12.2. The molecule has 0 aliphatic carbocycles. The van der Waals surface area contributed by atoms with E-state index in [-0.39, 0.29) is 24.0 Å². The van der Waals surface area contributed by atoms with E-state index in [1.54, 1.807) is 14.2 Å². The lowest BCUT2D eigenvalue weighted by molar-refractivity contribution is 0.157. The highest BCUT2D eigenvalue weighted by Gasteiger charge is 2.24. The first-order valence-corrected chi connectivity index (χ1v) is 8.48. The molecule has 0 radical (unpaired) electrons. The molecule has 1 atom stereocenters. The monoisotopic (exact) mass is 463 g/mol. The van der Waals surface area contributed by atoms with Crippen molar-refractivity contribution in [3.63, 3.8) is 0 Å². The van der Waals surface area contributed by atoms with Gasteiger partial charge in [-0.05, 0) is 37.1 Å². The van der Waals surface area contributed by atoms with Crippen LogP contribution in [0.4, 0.5) is 0 Å². The van der Waals surface area contributed by atoms with E-state index in [4.69, 9.17) is 14.2 Å². The fraction of sp³-hybridized carbons (Fsp3) is 0.611. The highest BCUT2D eigenvalue weighted by atomic mass is 127. The Morgan fingerprint density at radius 3 is 2.60 bits per heavy atom. The van der Waals surface area contributed by atoms with Crippen molar-refractivity contribution < 1.29 is 14.2 Å². The van der Waals surface area contributed by atoms with Crippen molar-refractivity contribution in [1.29, 1.82) is 0 Å². The van der Waals surface area contributed by atoms with Crippen LogP contribution in [0.2, 0.25) is 0 Å². The van der Waals surface area contributed by atoms with Gasteiger partial charge in [0.1, 0.15) is 11.5 Å². The SMILES string of the molecule is CN=C(NCCCOc1ccc(OC)cc1)N1CCC(COC)C1.I. The normalized spacial score (nSPS) is 17.2. The number of methoxy groups -OCH3 is 2. The number of ether oxygens (including phenoxy) is 3. The van der Waals surface area contributed by atoms with E-state index in [0.29, 0.717) is 12.5 Å². The number of benzene rings is 1. The molecule has 7 heteroatoms. The highest BCUT2D eigenvalue weighted by Crippen LogP contribution is 2.17. The molecule has 1 aliphatic rings. The minimum Gasteiger partial charge on any atom is -0.497 e. The Morgan fingerprint density at radius 1 is 1.24 bits per heavy atom. The van der Waals surface area contributed by atoms with Gasteiger partial charge in [0, 0.05) is 39.7 Å². The number of aliphatic imine (C=N–C) groups is 1.